The van der Waals surface area contributed by atoms with Gasteiger partial charge >= 0.3 is 6.18 Å². The molecule has 0 bridgehead atoms. The molecule has 0 aliphatic rings. The summed E-state index contributed by atoms with van der Waals surface area (Å²) in [6.45, 7) is 3.65. The maximum Gasteiger partial charge on any atom is 0.416 e. The summed E-state index contributed by atoms with van der Waals surface area (Å²) in [6.07, 6.45) is -4.33. The van der Waals surface area contributed by atoms with Gasteiger partial charge in [0.15, 0.2) is 0 Å². The van der Waals surface area contributed by atoms with E-state index in [4.69, 9.17) is 11.6 Å². The summed E-state index contributed by atoms with van der Waals surface area (Å²) in [4.78, 5) is 23.2. The molecule has 4 nitrogen and oxygen atoms in total. The molecule has 0 saturated heterocycles. The Labute approximate surface area is 131 Å². The van der Waals surface area contributed by atoms with Crippen LogP contribution < -0.4 is 10.6 Å². The van der Waals surface area contributed by atoms with Crippen molar-refractivity contribution in [1.29, 1.82) is 0 Å². The zero-order valence-electron chi connectivity index (χ0n) is 12.1. The molecule has 22 heavy (non-hydrogen) atoms. The first kappa shape index (κ1) is 18.3. The fourth-order valence-electron chi connectivity index (χ4n) is 1.57. The van der Waals surface area contributed by atoms with Crippen LogP contribution in [0.4, 0.5) is 18.9 Å². The molecule has 0 aliphatic heterocycles. The Morgan fingerprint density at radius 2 is 1.91 bits per heavy atom. The molecule has 0 fully saturated rings. The molecule has 0 aromatic heterocycles. The molecule has 1 aromatic carbocycles. The number of hydrogen-bond acceptors (Lipinski definition) is 2. The standard InChI is InChI=1S/C14H16ClF3N2O2/c1-3-8(2)19-12(21)7-13(22)20-11-6-9(14(16,17)18)4-5-10(11)15/h4-6,8H,3,7H2,1-2H3,(H,19,21)(H,20,22). The van der Waals surface area contributed by atoms with Gasteiger partial charge in [0.1, 0.15) is 6.42 Å². The first-order valence-corrected chi connectivity index (χ1v) is 6.97. The van der Waals surface area contributed by atoms with Crippen molar-refractivity contribution in [1.82, 2.24) is 5.32 Å². The lowest BCUT2D eigenvalue weighted by molar-refractivity contribution is -0.137. The van der Waals surface area contributed by atoms with Gasteiger partial charge in [0.2, 0.25) is 11.8 Å². The van der Waals surface area contributed by atoms with Gasteiger partial charge in [0.25, 0.3) is 0 Å². The van der Waals surface area contributed by atoms with Crippen LogP contribution in [0.1, 0.15) is 32.3 Å². The summed E-state index contributed by atoms with van der Waals surface area (Å²) >= 11 is 5.75. The van der Waals surface area contributed by atoms with E-state index in [-0.39, 0.29) is 16.8 Å². The van der Waals surface area contributed by atoms with Crippen molar-refractivity contribution in [2.24, 2.45) is 0 Å². The summed E-state index contributed by atoms with van der Waals surface area (Å²) in [7, 11) is 0. The second-order valence-electron chi connectivity index (χ2n) is 4.79. The van der Waals surface area contributed by atoms with Crippen molar-refractivity contribution < 1.29 is 22.8 Å². The SMILES string of the molecule is CCC(C)NC(=O)CC(=O)Nc1cc(C(F)(F)F)ccc1Cl. The second kappa shape index (κ2) is 7.49. The zero-order valence-corrected chi connectivity index (χ0v) is 12.8. The van der Waals surface area contributed by atoms with E-state index in [1.54, 1.807) is 6.92 Å². The molecule has 1 aromatic rings. The Bertz CT molecular complexity index is 562. The third-order valence-corrected chi connectivity index (χ3v) is 3.24. The number of amides is 2. The number of rotatable bonds is 5. The van der Waals surface area contributed by atoms with Crippen molar-refractivity contribution >= 4 is 29.1 Å². The van der Waals surface area contributed by atoms with Crippen LogP contribution in [0, 0.1) is 0 Å². The minimum atomic E-state index is -4.54. The first-order chi connectivity index (χ1) is 10.1. The Morgan fingerprint density at radius 1 is 1.27 bits per heavy atom. The molecule has 2 amide bonds. The summed E-state index contributed by atoms with van der Waals surface area (Å²) in [5.74, 6) is -1.24. The monoisotopic (exact) mass is 336 g/mol. The summed E-state index contributed by atoms with van der Waals surface area (Å²) in [6, 6.07) is 2.50. The number of alkyl halides is 3. The summed E-state index contributed by atoms with van der Waals surface area (Å²) in [5, 5.41) is 4.76. The van der Waals surface area contributed by atoms with Crippen molar-refractivity contribution in [2.45, 2.75) is 38.9 Å². The van der Waals surface area contributed by atoms with E-state index in [0.717, 1.165) is 18.2 Å². The van der Waals surface area contributed by atoms with Gasteiger partial charge in [-0.25, -0.2) is 0 Å². The predicted octanol–water partition coefficient (Wildman–Crippen LogP) is 3.60. The summed E-state index contributed by atoms with van der Waals surface area (Å²) in [5.41, 5.74) is -1.12. The quantitative estimate of drug-likeness (QED) is 0.807. The molecule has 2 N–H and O–H groups in total. The van der Waals surface area contributed by atoms with E-state index in [9.17, 15) is 22.8 Å². The van der Waals surface area contributed by atoms with Gasteiger partial charge in [0, 0.05) is 6.04 Å². The Balaban J connectivity index is 2.74. The molecule has 0 heterocycles. The van der Waals surface area contributed by atoms with Gasteiger partial charge in [-0.15, -0.1) is 0 Å². The third-order valence-electron chi connectivity index (χ3n) is 2.91. The Morgan fingerprint density at radius 3 is 2.45 bits per heavy atom. The van der Waals surface area contributed by atoms with Crippen LogP contribution >= 0.6 is 11.6 Å². The van der Waals surface area contributed by atoms with Gasteiger partial charge in [-0.2, -0.15) is 13.2 Å². The van der Waals surface area contributed by atoms with Gasteiger partial charge in [-0.1, -0.05) is 18.5 Å². The lowest BCUT2D eigenvalue weighted by Crippen LogP contribution is -2.34. The number of nitrogens with one attached hydrogen (secondary N) is 2. The van der Waals surface area contributed by atoms with Gasteiger partial charge in [-0.3, -0.25) is 9.59 Å². The van der Waals surface area contributed by atoms with E-state index in [0.29, 0.717) is 6.42 Å². The van der Waals surface area contributed by atoms with E-state index in [1.807, 2.05) is 6.92 Å². The van der Waals surface area contributed by atoms with Crippen LogP contribution in [0.15, 0.2) is 18.2 Å². The van der Waals surface area contributed by atoms with Crippen LogP contribution in [0.5, 0.6) is 0 Å². The number of hydrogen-bond donors (Lipinski definition) is 2. The molecule has 0 aliphatic carbocycles. The van der Waals surface area contributed by atoms with E-state index in [1.165, 1.54) is 0 Å². The highest BCUT2D eigenvalue weighted by molar-refractivity contribution is 6.33. The normalized spacial score (nSPS) is 12.6. The molecule has 8 heteroatoms. The molecule has 1 atom stereocenters. The molecule has 0 saturated carbocycles. The van der Waals surface area contributed by atoms with Crippen molar-refractivity contribution in [3.63, 3.8) is 0 Å². The first-order valence-electron chi connectivity index (χ1n) is 6.59. The Kier molecular flexibility index (Phi) is 6.22. The van der Waals surface area contributed by atoms with Gasteiger partial charge < -0.3 is 10.6 Å². The molecule has 1 unspecified atom stereocenters. The van der Waals surface area contributed by atoms with Crippen molar-refractivity contribution in [2.75, 3.05) is 5.32 Å². The average molecular weight is 337 g/mol. The third kappa shape index (κ3) is 5.55. The highest BCUT2D eigenvalue weighted by Gasteiger charge is 2.31. The maximum atomic E-state index is 12.6. The lowest BCUT2D eigenvalue weighted by Gasteiger charge is -2.13. The highest BCUT2D eigenvalue weighted by atomic mass is 35.5. The molecular weight excluding hydrogens is 321 g/mol. The minimum absolute atomic E-state index is 0.0383. The van der Waals surface area contributed by atoms with Gasteiger partial charge in [0.05, 0.1) is 16.3 Å². The Hall–Kier alpha value is -1.76. The fraction of sp³-hybridized carbons (Fsp3) is 0.429. The highest BCUT2D eigenvalue weighted by Crippen LogP contribution is 2.33. The molecule has 0 radical (unpaired) electrons. The fourth-order valence-corrected chi connectivity index (χ4v) is 1.73. The topological polar surface area (TPSA) is 58.2 Å². The smallest absolute Gasteiger partial charge is 0.353 e. The lowest BCUT2D eigenvalue weighted by atomic mass is 10.2. The number of carbonyl (C=O) groups excluding carboxylic acids is 2. The molecule has 0 spiro atoms. The van der Waals surface area contributed by atoms with Crippen LogP contribution in [-0.2, 0) is 15.8 Å². The van der Waals surface area contributed by atoms with Crippen LogP contribution in [0.25, 0.3) is 0 Å². The number of carbonyl (C=O) groups is 2. The van der Waals surface area contributed by atoms with Crippen LogP contribution in [-0.4, -0.2) is 17.9 Å². The van der Waals surface area contributed by atoms with Crippen LogP contribution in [0.3, 0.4) is 0 Å². The van der Waals surface area contributed by atoms with Crippen molar-refractivity contribution in [3.8, 4) is 0 Å². The van der Waals surface area contributed by atoms with E-state index >= 15 is 0 Å². The molecule has 1 rings (SSSR count). The summed E-state index contributed by atoms with van der Waals surface area (Å²) < 4.78 is 37.8. The number of halogens is 4. The van der Waals surface area contributed by atoms with Crippen molar-refractivity contribution in [3.05, 3.63) is 28.8 Å². The second-order valence-corrected chi connectivity index (χ2v) is 5.20. The van der Waals surface area contributed by atoms with E-state index < -0.39 is 30.0 Å². The number of anilines is 1. The molecular formula is C14H16ClF3N2O2. The minimum Gasteiger partial charge on any atom is -0.353 e. The van der Waals surface area contributed by atoms with E-state index in [2.05, 4.69) is 10.6 Å². The average Bonchev–Trinajstić information content (AvgIpc) is 2.39. The number of benzene rings is 1. The van der Waals surface area contributed by atoms with Crippen LogP contribution in [0.2, 0.25) is 5.02 Å². The zero-order chi connectivity index (χ0) is 16.9. The predicted molar refractivity (Wildman–Crippen MR) is 77.6 cm³/mol. The van der Waals surface area contributed by atoms with Gasteiger partial charge in [-0.05, 0) is 31.5 Å². The maximum absolute atomic E-state index is 12.6. The largest absolute Gasteiger partial charge is 0.416 e. The molecule has 122 valence electrons.